The SMILES string of the molecule is CC.COc1cc(-c2cc(O[C@H](C)[C@H]3CNC(=O)C3)c3cccnc3c2)ccc1O. The summed E-state index contributed by atoms with van der Waals surface area (Å²) in [4.78, 5) is 16.0. The number of pyridine rings is 1. The number of benzene rings is 2. The summed E-state index contributed by atoms with van der Waals surface area (Å²) in [5, 5.41) is 13.7. The summed E-state index contributed by atoms with van der Waals surface area (Å²) in [5.41, 5.74) is 2.61. The molecule has 1 saturated heterocycles. The van der Waals surface area contributed by atoms with Crippen LogP contribution in [0.25, 0.3) is 22.0 Å². The number of aromatic nitrogens is 1. The number of carbonyl (C=O) groups excluding carboxylic acids is 1. The van der Waals surface area contributed by atoms with E-state index in [0.29, 0.717) is 18.7 Å². The van der Waals surface area contributed by atoms with Crippen molar-refractivity contribution in [3.05, 3.63) is 48.7 Å². The lowest BCUT2D eigenvalue weighted by Crippen LogP contribution is -2.25. The Labute approximate surface area is 176 Å². The van der Waals surface area contributed by atoms with Gasteiger partial charge in [0.05, 0.1) is 12.6 Å². The maximum atomic E-state index is 11.5. The van der Waals surface area contributed by atoms with Gasteiger partial charge in [-0.3, -0.25) is 9.78 Å². The average molecular weight is 408 g/mol. The van der Waals surface area contributed by atoms with Gasteiger partial charge < -0.3 is 19.9 Å². The number of nitrogens with zero attached hydrogens (tertiary/aromatic N) is 1. The van der Waals surface area contributed by atoms with Gasteiger partial charge in [-0.2, -0.15) is 0 Å². The number of rotatable bonds is 5. The van der Waals surface area contributed by atoms with Crippen LogP contribution >= 0.6 is 0 Å². The van der Waals surface area contributed by atoms with Gasteiger partial charge in [-0.05, 0) is 54.4 Å². The first-order chi connectivity index (χ1) is 14.5. The number of fused-ring (bicyclic) bond motifs is 1. The van der Waals surface area contributed by atoms with E-state index in [9.17, 15) is 9.90 Å². The maximum absolute atomic E-state index is 11.5. The Morgan fingerprint density at radius 2 is 1.90 bits per heavy atom. The Kier molecular flexibility index (Phi) is 6.77. The molecule has 4 rings (SSSR count). The molecular weight excluding hydrogens is 380 g/mol. The van der Waals surface area contributed by atoms with Crippen molar-refractivity contribution in [2.75, 3.05) is 13.7 Å². The number of hydrogen-bond donors (Lipinski definition) is 2. The van der Waals surface area contributed by atoms with E-state index in [1.54, 1.807) is 18.3 Å². The quantitative estimate of drug-likeness (QED) is 0.648. The minimum atomic E-state index is -0.119. The van der Waals surface area contributed by atoms with Crippen LogP contribution in [0, 0.1) is 5.92 Å². The highest BCUT2D eigenvalue weighted by Gasteiger charge is 2.28. The van der Waals surface area contributed by atoms with E-state index < -0.39 is 0 Å². The monoisotopic (exact) mass is 408 g/mol. The number of nitrogens with one attached hydrogen (secondary N) is 1. The third-order valence-corrected chi connectivity index (χ3v) is 5.18. The van der Waals surface area contributed by atoms with Gasteiger partial charge in [0.25, 0.3) is 0 Å². The molecule has 6 heteroatoms. The number of amides is 1. The topological polar surface area (TPSA) is 80.7 Å². The van der Waals surface area contributed by atoms with Gasteiger partial charge in [-0.25, -0.2) is 0 Å². The molecular formula is C24H28N2O4. The second kappa shape index (κ2) is 9.48. The van der Waals surface area contributed by atoms with E-state index in [4.69, 9.17) is 9.47 Å². The molecule has 1 fully saturated rings. The van der Waals surface area contributed by atoms with Crippen molar-refractivity contribution < 1.29 is 19.4 Å². The molecule has 0 spiro atoms. The molecule has 158 valence electrons. The van der Waals surface area contributed by atoms with Crippen molar-refractivity contribution >= 4 is 16.8 Å². The average Bonchev–Trinajstić information content (AvgIpc) is 3.22. The number of aromatic hydroxyl groups is 1. The van der Waals surface area contributed by atoms with Crippen LogP contribution < -0.4 is 14.8 Å². The maximum Gasteiger partial charge on any atom is 0.220 e. The van der Waals surface area contributed by atoms with Crippen LogP contribution in [0.3, 0.4) is 0 Å². The fourth-order valence-corrected chi connectivity index (χ4v) is 3.53. The Bertz CT molecular complexity index is 1030. The first kappa shape index (κ1) is 21.4. The third kappa shape index (κ3) is 4.48. The van der Waals surface area contributed by atoms with Crippen LogP contribution in [0.1, 0.15) is 27.2 Å². The van der Waals surface area contributed by atoms with E-state index in [-0.39, 0.29) is 23.7 Å². The first-order valence-corrected chi connectivity index (χ1v) is 10.2. The van der Waals surface area contributed by atoms with Crippen molar-refractivity contribution in [3.63, 3.8) is 0 Å². The van der Waals surface area contributed by atoms with Crippen LogP contribution in [0.4, 0.5) is 0 Å². The Balaban J connectivity index is 0.00000124. The second-order valence-corrected chi connectivity index (χ2v) is 7.02. The third-order valence-electron chi connectivity index (χ3n) is 5.18. The lowest BCUT2D eigenvalue weighted by atomic mass is 10.0. The molecule has 30 heavy (non-hydrogen) atoms. The number of ether oxygens (including phenoxy) is 2. The molecule has 2 heterocycles. The molecule has 0 aliphatic carbocycles. The molecule has 0 bridgehead atoms. The van der Waals surface area contributed by atoms with Crippen molar-refractivity contribution in [3.8, 4) is 28.4 Å². The smallest absolute Gasteiger partial charge is 0.220 e. The first-order valence-electron chi connectivity index (χ1n) is 10.2. The van der Waals surface area contributed by atoms with Crippen LogP contribution in [0.5, 0.6) is 17.2 Å². The molecule has 0 unspecified atom stereocenters. The van der Waals surface area contributed by atoms with Crippen molar-refractivity contribution in [1.29, 1.82) is 0 Å². The summed E-state index contributed by atoms with van der Waals surface area (Å²) in [6.07, 6.45) is 2.11. The zero-order chi connectivity index (χ0) is 21.7. The zero-order valence-electron chi connectivity index (χ0n) is 17.8. The number of phenolic OH excluding ortho intramolecular Hbond substituents is 1. The molecule has 1 aliphatic rings. The predicted molar refractivity (Wildman–Crippen MR) is 118 cm³/mol. The van der Waals surface area contributed by atoms with E-state index >= 15 is 0 Å². The summed E-state index contributed by atoms with van der Waals surface area (Å²) < 4.78 is 11.5. The van der Waals surface area contributed by atoms with Gasteiger partial charge in [-0.15, -0.1) is 0 Å². The van der Waals surface area contributed by atoms with E-state index in [1.165, 1.54) is 7.11 Å². The lowest BCUT2D eigenvalue weighted by molar-refractivity contribution is -0.119. The van der Waals surface area contributed by atoms with Crippen LogP contribution in [-0.4, -0.2) is 35.8 Å². The van der Waals surface area contributed by atoms with Crippen LogP contribution in [0.15, 0.2) is 48.7 Å². The normalized spacial score (nSPS) is 16.4. The van der Waals surface area contributed by atoms with Gasteiger partial charge in [0.15, 0.2) is 11.5 Å². The molecule has 2 atom stereocenters. The zero-order valence-corrected chi connectivity index (χ0v) is 17.8. The summed E-state index contributed by atoms with van der Waals surface area (Å²) in [6, 6.07) is 13.0. The van der Waals surface area contributed by atoms with Gasteiger partial charge in [0.1, 0.15) is 11.9 Å². The van der Waals surface area contributed by atoms with Crippen molar-refractivity contribution in [2.24, 2.45) is 5.92 Å². The van der Waals surface area contributed by atoms with Crippen LogP contribution in [0.2, 0.25) is 0 Å². The molecule has 6 nitrogen and oxygen atoms in total. The standard InChI is InChI=1S/C22H22N2O4.C2H6/c1-13(16-11-22(26)24-12-16)28-20-10-15(8-18-17(20)4-3-7-23-18)14-5-6-19(25)21(9-14)27-2;1-2/h3-10,13,16,25H,11-12H2,1-2H3,(H,24,26);1-2H3/t13-,16-;/m1./s1. The Morgan fingerprint density at radius 1 is 1.13 bits per heavy atom. The molecule has 3 aromatic rings. The van der Waals surface area contributed by atoms with Gasteiger partial charge >= 0.3 is 0 Å². The Morgan fingerprint density at radius 3 is 2.60 bits per heavy atom. The molecule has 2 N–H and O–H groups in total. The number of carbonyl (C=O) groups is 1. The predicted octanol–water partition coefficient (Wildman–Crippen LogP) is 4.55. The van der Waals surface area contributed by atoms with Gasteiger partial charge in [-0.1, -0.05) is 19.9 Å². The number of phenols is 1. The highest BCUT2D eigenvalue weighted by Crippen LogP contribution is 2.36. The lowest BCUT2D eigenvalue weighted by Gasteiger charge is -2.21. The van der Waals surface area contributed by atoms with E-state index in [1.807, 2.05) is 51.1 Å². The Hall–Kier alpha value is -3.28. The summed E-state index contributed by atoms with van der Waals surface area (Å²) in [7, 11) is 1.52. The minimum Gasteiger partial charge on any atom is -0.504 e. The highest BCUT2D eigenvalue weighted by atomic mass is 16.5. The summed E-state index contributed by atoms with van der Waals surface area (Å²) in [5.74, 6) is 1.42. The van der Waals surface area contributed by atoms with E-state index in [2.05, 4.69) is 10.3 Å². The fraction of sp³-hybridized carbons (Fsp3) is 0.333. The van der Waals surface area contributed by atoms with Crippen molar-refractivity contribution in [1.82, 2.24) is 10.3 Å². The number of hydrogen-bond acceptors (Lipinski definition) is 5. The molecule has 2 aromatic carbocycles. The summed E-state index contributed by atoms with van der Waals surface area (Å²) in [6.45, 7) is 6.62. The highest BCUT2D eigenvalue weighted by molar-refractivity contribution is 5.90. The van der Waals surface area contributed by atoms with Crippen molar-refractivity contribution in [2.45, 2.75) is 33.3 Å². The molecule has 0 saturated carbocycles. The summed E-state index contributed by atoms with van der Waals surface area (Å²) >= 11 is 0. The molecule has 1 aromatic heterocycles. The van der Waals surface area contributed by atoms with Crippen LogP contribution in [-0.2, 0) is 4.79 Å². The molecule has 1 aliphatic heterocycles. The minimum absolute atomic E-state index is 0.0666. The van der Waals surface area contributed by atoms with Gasteiger partial charge in [0.2, 0.25) is 5.91 Å². The second-order valence-electron chi connectivity index (χ2n) is 7.02. The molecule has 1 amide bonds. The molecule has 0 radical (unpaired) electrons. The van der Waals surface area contributed by atoms with E-state index in [0.717, 1.165) is 27.8 Å². The largest absolute Gasteiger partial charge is 0.504 e. The van der Waals surface area contributed by atoms with Gasteiger partial charge in [0, 0.05) is 30.5 Å². The number of methoxy groups -OCH3 is 1. The fourth-order valence-electron chi connectivity index (χ4n) is 3.53.